The molecule has 0 saturated carbocycles. The number of likely N-dealkylation sites (N-methyl/N-ethyl adjacent to an activating group) is 1. The van der Waals surface area contributed by atoms with Crippen LogP contribution in [-0.4, -0.2) is 46.2 Å². The van der Waals surface area contributed by atoms with Crippen LogP contribution in [0.1, 0.15) is 42.4 Å². The van der Waals surface area contributed by atoms with Crippen LogP contribution in [-0.2, 0) is 22.6 Å². The molecule has 2 amide bonds. The second kappa shape index (κ2) is 10.2. The van der Waals surface area contributed by atoms with Gasteiger partial charge in [0.1, 0.15) is 6.20 Å². The van der Waals surface area contributed by atoms with E-state index in [1.807, 2.05) is 29.3 Å². The number of halogens is 2. The molecule has 0 aliphatic carbocycles. The van der Waals surface area contributed by atoms with E-state index in [2.05, 4.69) is 4.98 Å². The zero-order chi connectivity index (χ0) is 24.4. The Bertz CT molecular complexity index is 1300. The molecular weight excluding hydrogens is 475 g/mol. The topological polar surface area (TPSA) is 76.2 Å². The Balaban J connectivity index is 1.50. The van der Waals surface area contributed by atoms with Crippen LogP contribution in [0.15, 0.2) is 47.5 Å². The molecule has 1 aliphatic rings. The zero-order valence-electron chi connectivity index (χ0n) is 19.2. The van der Waals surface area contributed by atoms with Crippen LogP contribution in [0.3, 0.4) is 0 Å². The summed E-state index contributed by atoms with van der Waals surface area (Å²) in [6, 6.07) is 9.16. The van der Waals surface area contributed by atoms with Crippen molar-refractivity contribution in [3.63, 3.8) is 0 Å². The quantitative estimate of drug-likeness (QED) is 0.537. The fourth-order valence-electron chi connectivity index (χ4n) is 4.37. The Morgan fingerprint density at radius 2 is 1.85 bits per heavy atom. The fraction of sp³-hybridized carbons (Fsp3) is 0.360. The predicted octanol–water partition coefficient (Wildman–Crippen LogP) is 3.35. The molecule has 3 heterocycles. The number of hydrogen-bond donors (Lipinski definition) is 0. The van der Waals surface area contributed by atoms with E-state index in [-0.39, 0.29) is 29.7 Å². The molecule has 0 radical (unpaired) electrons. The number of hydrogen-bond acceptors (Lipinski definition) is 3. The van der Waals surface area contributed by atoms with Gasteiger partial charge < -0.3 is 9.80 Å². The number of benzene rings is 1. The summed E-state index contributed by atoms with van der Waals surface area (Å²) in [5, 5.41) is 0.896. The normalized spacial score (nSPS) is 14.4. The lowest BCUT2D eigenvalue weighted by Crippen LogP contribution is -2.36. The van der Waals surface area contributed by atoms with E-state index in [0.29, 0.717) is 27.8 Å². The van der Waals surface area contributed by atoms with Crippen LogP contribution in [0, 0.1) is 0 Å². The van der Waals surface area contributed by atoms with Crippen molar-refractivity contribution >= 4 is 40.7 Å². The summed E-state index contributed by atoms with van der Waals surface area (Å²) in [6.07, 6.45) is 5.17. The number of likely N-dealkylation sites (tertiary alicyclic amines) is 1. The third-order valence-electron chi connectivity index (χ3n) is 6.44. The van der Waals surface area contributed by atoms with Gasteiger partial charge in [0.25, 0.3) is 5.65 Å². The number of carbonyl (C=O) groups is 2. The van der Waals surface area contributed by atoms with Crippen molar-refractivity contribution < 1.29 is 14.6 Å². The number of piperidine rings is 1. The van der Waals surface area contributed by atoms with Crippen molar-refractivity contribution in [2.45, 2.75) is 38.6 Å². The average molecular weight is 502 g/mol. The maximum atomic E-state index is 13.2. The number of nitrogens with zero attached hydrogens (tertiary/aromatic N) is 3. The first-order chi connectivity index (χ1) is 16.2. The SMILES string of the molecule is CC(=O)N1CCC(c2ccc3[nH+]cc(CC(=O)N(C)Cc4ccc(Cl)c(Cl)c4)c(=O)n3c2)CC1. The van der Waals surface area contributed by atoms with Crippen molar-refractivity contribution in [2.75, 3.05) is 20.1 Å². The number of nitrogens with one attached hydrogen (secondary N) is 1. The van der Waals surface area contributed by atoms with Gasteiger partial charge in [-0.25, -0.2) is 9.78 Å². The molecule has 0 unspecified atom stereocenters. The molecule has 0 bridgehead atoms. The lowest BCUT2D eigenvalue weighted by Gasteiger charge is -2.31. The lowest BCUT2D eigenvalue weighted by atomic mass is 9.90. The first-order valence-corrected chi connectivity index (χ1v) is 12.0. The summed E-state index contributed by atoms with van der Waals surface area (Å²) in [7, 11) is 1.69. The van der Waals surface area contributed by atoms with E-state index in [4.69, 9.17) is 23.2 Å². The molecule has 1 fully saturated rings. The van der Waals surface area contributed by atoms with E-state index >= 15 is 0 Å². The lowest BCUT2D eigenvalue weighted by molar-refractivity contribution is -0.351. The first kappa shape index (κ1) is 24.2. The van der Waals surface area contributed by atoms with Gasteiger partial charge in [-0.2, -0.15) is 4.40 Å². The number of pyridine rings is 1. The van der Waals surface area contributed by atoms with Gasteiger partial charge >= 0.3 is 5.56 Å². The summed E-state index contributed by atoms with van der Waals surface area (Å²) in [5.41, 5.74) is 2.76. The molecule has 0 atom stereocenters. The number of aromatic nitrogens is 2. The van der Waals surface area contributed by atoms with Crippen LogP contribution >= 0.6 is 23.2 Å². The number of H-pyrrole nitrogens is 1. The summed E-state index contributed by atoms with van der Waals surface area (Å²) in [5.74, 6) is 0.208. The van der Waals surface area contributed by atoms with Gasteiger partial charge in [-0.05, 0) is 48.1 Å². The smallest absolute Gasteiger partial charge is 0.343 e. The van der Waals surface area contributed by atoms with Crippen molar-refractivity contribution in [2.24, 2.45) is 0 Å². The maximum absolute atomic E-state index is 13.2. The standard InChI is InChI=1S/C25H26Cl2N4O3/c1-16(32)30-9-7-18(8-10-30)19-4-6-23-28-13-20(25(34)31(23)15-19)12-24(33)29(2)14-17-3-5-21(26)22(27)11-17/h3-6,11,13,15,18H,7-10,12,14H2,1-2H3/p+1. The Kier molecular flexibility index (Phi) is 7.24. The van der Waals surface area contributed by atoms with Crippen LogP contribution < -0.4 is 10.5 Å². The Morgan fingerprint density at radius 1 is 1.12 bits per heavy atom. The van der Waals surface area contributed by atoms with Crippen molar-refractivity contribution in [1.82, 2.24) is 14.2 Å². The second-order valence-corrected chi connectivity index (χ2v) is 9.61. The highest BCUT2D eigenvalue weighted by molar-refractivity contribution is 6.42. The third kappa shape index (κ3) is 5.26. The van der Waals surface area contributed by atoms with E-state index in [9.17, 15) is 14.4 Å². The molecule has 4 rings (SSSR count). The number of aromatic amines is 1. The third-order valence-corrected chi connectivity index (χ3v) is 7.18. The van der Waals surface area contributed by atoms with Crippen molar-refractivity contribution in [1.29, 1.82) is 0 Å². The monoisotopic (exact) mass is 501 g/mol. The van der Waals surface area contributed by atoms with Crippen LogP contribution in [0.2, 0.25) is 10.0 Å². The molecule has 1 aromatic carbocycles. The first-order valence-electron chi connectivity index (χ1n) is 11.2. The minimum absolute atomic E-state index is 0.0165. The molecule has 9 heteroatoms. The predicted molar refractivity (Wildman–Crippen MR) is 131 cm³/mol. The minimum Gasteiger partial charge on any atom is -0.343 e. The molecule has 3 aromatic rings. The summed E-state index contributed by atoms with van der Waals surface area (Å²) >= 11 is 12.0. The molecule has 2 aromatic heterocycles. The van der Waals surface area contributed by atoms with E-state index in [0.717, 1.165) is 37.1 Å². The highest BCUT2D eigenvalue weighted by atomic mass is 35.5. The van der Waals surface area contributed by atoms with Crippen LogP contribution in [0.5, 0.6) is 0 Å². The molecule has 34 heavy (non-hydrogen) atoms. The fourth-order valence-corrected chi connectivity index (χ4v) is 4.69. The van der Waals surface area contributed by atoms with Crippen LogP contribution in [0.25, 0.3) is 5.65 Å². The molecule has 1 aliphatic heterocycles. The van der Waals surface area contributed by atoms with Gasteiger partial charge in [0.2, 0.25) is 11.8 Å². The van der Waals surface area contributed by atoms with E-state index in [1.165, 1.54) is 0 Å². The van der Waals surface area contributed by atoms with Gasteiger partial charge in [-0.3, -0.25) is 9.59 Å². The molecule has 1 N–H and O–H groups in total. The average Bonchev–Trinajstić information content (AvgIpc) is 2.83. The van der Waals surface area contributed by atoms with Crippen molar-refractivity contribution in [3.05, 3.63) is 79.8 Å². The molecule has 178 valence electrons. The Morgan fingerprint density at radius 3 is 2.53 bits per heavy atom. The van der Waals surface area contributed by atoms with Gasteiger partial charge in [0, 0.05) is 39.7 Å². The molecule has 1 saturated heterocycles. The summed E-state index contributed by atoms with van der Waals surface area (Å²) < 4.78 is 1.58. The largest absolute Gasteiger partial charge is 0.345 e. The second-order valence-electron chi connectivity index (χ2n) is 8.79. The Hall–Kier alpha value is -2.90. The summed E-state index contributed by atoms with van der Waals surface area (Å²) in [4.78, 5) is 44.2. The molecular formula is C25H27Cl2N4O3+. The van der Waals surface area contributed by atoms with Gasteiger partial charge in [0.05, 0.1) is 28.2 Å². The van der Waals surface area contributed by atoms with Gasteiger partial charge in [-0.15, -0.1) is 0 Å². The molecule has 7 nitrogen and oxygen atoms in total. The van der Waals surface area contributed by atoms with Crippen molar-refractivity contribution in [3.8, 4) is 0 Å². The highest BCUT2D eigenvalue weighted by Crippen LogP contribution is 2.28. The zero-order valence-corrected chi connectivity index (χ0v) is 20.7. The number of amides is 2. The Labute approximate surface area is 207 Å². The summed E-state index contributed by atoms with van der Waals surface area (Å²) in [6.45, 7) is 3.39. The van der Waals surface area contributed by atoms with Crippen LogP contribution in [0.4, 0.5) is 0 Å². The molecule has 0 spiro atoms. The highest BCUT2D eigenvalue weighted by Gasteiger charge is 2.24. The number of rotatable bonds is 5. The van der Waals surface area contributed by atoms with E-state index < -0.39 is 0 Å². The van der Waals surface area contributed by atoms with E-state index in [1.54, 1.807) is 41.6 Å². The maximum Gasteiger partial charge on any atom is 0.345 e. The van der Waals surface area contributed by atoms with Gasteiger partial charge in [0.15, 0.2) is 0 Å². The minimum atomic E-state index is -0.215. The number of fused-ring (bicyclic) bond motifs is 1. The van der Waals surface area contributed by atoms with Gasteiger partial charge in [-0.1, -0.05) is 29.3 Å². The number of carbonyl (C=O) groups excluding carboxylic acids is 2.